The smallest absolute Gasteiger partial charge is 0.272 e. The van der Waals surface area contributed by atoms with Gasteiger partial charge in [-0.05, 0) is 25.5 Å². The summed E-state index contributed by atoms with van der Waals surface area (Å²) < 4.78 is 28.9. The van der Waals surface area contributed by atoms with E-state index in [4.69, 9.17) is 0 Å². The fraction of sp³-hybridized carbons (Fsp3) is 0.375. The fourth-order valence-corrected chi connectivity index (χ4v) is 4.04. The van der Waals surface area contributed by atoms with Crippen molar-refractivity contribution in [3.63, 3.8) is 0 Å². The van der Waals surface area contributed by atoms with E-state index in [2.05, 4.69) is 21.9 Å². The van der Waals surface area contributed by atoms with Crippen LogP contribution in [0.5, 0.6) is 0 Å². The number of amides is 1. The zero-order chi connectivity index (χ0) is 17.3. The number of carbonyl (C=O) groups is 1. The summed E-state index contributed by atoms with van der Waals surface area (Å²) in [6, 6.07) is 6.70. The first-order valence-corrected chi connectivity index (χ1v) is 9.38. The summed E-state index contributed by atoms with van der Waals surface area (Å²) >= 11 is 0. The van der Waals surface area contributed by atoms with Gasteiger partial charge in [-0.3, -0.25) is 9.36 Å². The first kappa shape index (κ1) is 16.7. The van der Waals surface area contributed by atoms with Crippen LogP contribution in [0.25, 0.3) is 5.69 Å². The van der Waals surface area contributed by atoms with Crippen molar-refractivity contribution >= 4 is 15.9 Å². The van der Waals surface area contributed by atoms with E-state index in [1.807, 2.05) is 6.92 Å². The molecule has 3 rings (SSSR count). The number of rotatable bonds is 4. The lowest BCUT2D eigenvalue weighted by molar-refractivity contribution is 0.0932. The summed E-state index contributed by atoms with van der Waals surface area (Å²) in [5.74, 6) is -0.289. The van der Waals surface area contributed by atoms with Crippen molar-refractivity contribution in [3.05, 3.63) is 42.0 Å². The molecule has 0 saturated heterocycles. The Kier molecular flexibility index (Phi) is 4.42. The molecule has 128 valence electrons. The molecular formula is C16H20N4O3S. The highest BCUT2D eigenvalue weighted by molar-refractivity contribution is 7.89. The highest BCUT2D eigenvalue weighted by atomic mass is 32.2. The third-order valence-corrected chi connectivity index (χ3v) is 5.47. The molecule has 0 unspecified atom stereocenters. The van der Waals surface area contributed by atoms with Gasteiger partial charge in [0.25, 0.3) is 5.91 Å². The van der Waals surface area contributed by atoms with Crippen LogP contribution in [0.1, 0.15) is 42.9 Å². The molecule has 0 spiro atoms. The number of hydrogen-bond donors (Lipinski definition) is 2. The van der Waals surface area contributed by atoms with Gasteiger partial charge in [-0.1, -0.05) is 25.5 Å². The number of fused-ring (bicyclic) bond motifs is 3. The van der Waals surface area contributed by atoms with Gasteiger partial charge in [0, 0.05) is 6.04 Å². The zero-order valence-corrected chi connectivity index (χ0v) is 14.4. The highest BCUT2D eigenvalue weighted by Crippen LogP contribution is 2.26. The molecular weight excluding hydrogens is 328 g/mol. The van der Waals surface area contributed by atoms with Crippen molar-refractivity contribution in [2.24, 2.45) is 0 Å². The minimum Gasteiger partial charge on any atom is -0.348 e. The summed E-state index contributed by atoms with van der Waals surface area (Å²) in [6.07, 6.45) is 3.34. The molecule has 0 saturated carbocycles. The summed E-state index contributed by atoms with van der Waals surface area (Å²) in [6.45, 7) is 4.01. The summed E-state index contributed by atoms with van der Waals surface area (Å²) in [5.41, 5.74) is 1.27. The minimum atomic E-state index is -3.62. The van der Waals surface area contributed by atoms with Gasteiger partial charge >= 0.3 is 0 Å². The Morgan fingerprint density at radius 1 is 1.42 bits per heavy atom. The Labute approximate surface area is 141 Å². The van der Waals surface area contributed by atoms with Gasteiger partial charge in [-0.15, -0.1) is 0 Å². The number of sulfonamides is 1. The normalized spacial score (nSPS) is 16.6. The molecule has 1 atom stereocenters. The van der Waals surface area contributed by atoms with E-state index in [1.165, 1.54) is 12.4 Å². The molecule has 7 nitrogen and oxygen atoms in total. The van der Waals surface area contributed by atoms with Crippen LogP contribution < -0.4 is 10.0 Å². The second-order valence-corrected chi connectivity index (χ2v) is 7.60. The van der Waals surface area contributed by atoms with E-state index in [1.54, 1.807) is 22.8 Å². The van der Waals surface area contributed by atoms with Crippen LogP contribution in [0.15, 0.2) is 35.5 Å². The van der Waals surface area contributed by atoms with Crippen LogP contribution in [0.2, 0.25) is 0 Å². The van der Waals surface area contributed by atoms with Gasteiger partial charge in [-0.2, -0.15) is 0 Å². The molecule has 0 bridgehead atoms. The van der Waals surface area contributed by atoms with E-state index >= 15 is 0 Å². The molecule has 24 heavy (non-hydrogen) atoms. The Hall–Kier alpha value is -2.19. The molecule has 1 aromatic carbocycles. The van der Waals surface area contributed by atoms with Crippen LogP contribution in [0, 0.1) is 0 Å². The van der Waals surface area contributed by atoms with E-state index in [0.717, 1.165) is 12.8 Å². The van der Waals surface area contributed by atoms with Crippen molar-refractivity contribution in [1.82, 2.24) is 19.6 Å². The molecule has 1 amide bonds. The van der Waals surface area contributed by atoms with E-state index in [-0.39, 0.29) is 29.1 Å². The molecule has 1 aliphatic rings. The largest absolute Gasteiger partial charge is 0.348 e. The number of hydrogen-bond acceptors (Lipinski definition) is 4. The lowest BCUT2D eigenvalue weighted by Crippen LogP contribution is -2.33. The topological polar surface area (TPSA) is 93.1 Å². The molecule has 2 aromatic rings. The lowest BCUT2D eigenvalue weighted by Gasteiger charge is -2.12. The summed E-state index contributed by atoms with van der Waals surface area (Å²) in [5, 5.41) is 2.91. The van der Waals surface area contributed by atoms with Crippen molar-refractivity contribution in [2.75, 3.05) is 0 Å². The van der Waals surface area contributed by atoms with Crippen molar-refractivity contribution in [3.8, 4) is 5.69 Å². The zero-order valence-electron chi connectivity index (χ0n) is 13.6. The van der Waals surface area contributed by atoms with Crippen LogP contribution in [-0.4, -0.2) is 29.9 Å². The Bertz CT molecular complexity index is 873. The minimum absolute atomic E-state index is 0.0158. The second-order valence-electron chi connectivity index (χ2n) is 5.87. The average molecular weight is 348 g/mol. The van der Waals surface area contributed by atoms with Gasteiger partial charge in [0.2, 0.25) is 10.0 Å². The molecule has 2 N–H and O–H groups in total. The number of carbonyl (C=O) groups excluding carboxylic acids is 1. The maximum absolute atomic E-state index is 12.5. The molecule has 0 radical (unpaired) electrons. The molecule has 0 fully saturated rings. The van der Waals surface area contributed by atoms with Crippen molar-refractivity contribution < 1.29 is 13.2 Å². The maximum atomic E-state index is 12.5. The standard InChI is InChI=1S/C16H20N4O3S/c1-3-6-11(2)19-16(21)15-13-9-18-24(22,23)14-8-5-4-7-12(14)20(13)10-17-15/h4-5,7-8,10-11,18H,3,6,9H2,1-2H3,(H,19,21)/t11-/m0/s1. The third-order valence-electron chi connectivity index (χ3n) is 4.02. The van der Waals surface area contributed by atoms with Crippen molar-refractivity contribution in [2.45, 2.75) is 44.2 Å². The SMILES string of the molecule is CCC[C@H](C)NC(=O)c1ncn2c1CNS(=O)(=O)c1ccccc1-2. The predicted molar refractivity (Wildman–Crippen MR) is 89.4 cm³/mol. The number of aromatic nitrogens is 2. The first-order chi connectivity index (χ1) is 11.4. The Morgan fingerprint density at radius 3 is 2.92 bits per heavy atom. The average Bonchev–Trinajstić information content (AvgIpc) is 2.92. The van der Waals surface area contributed by atoms with E-state index in [9.17, 15) is 13.2 Å². The maximum Gasteiger partial charge on any atom is 0.272 e. The van der Waals surface area contributed by atoms with Gasteiger partial charge in [0.1, 0.15) is 11.2 Å². The number of nitrogens with one attached hydrogen (secondary N) is 2. The van der Waals surface area contributed by atoms with Crippen LogP contribution in [-0.2, 0) is 16.6 Å². The van der Waals surface area contributed by atoms with Gasteiger partial charge in [0.15, 0.2) is 5.69 Å². The number of imidazole rings is 1. The van der Waals surface area contributed by atoms with Crippen molar-refractivity contribution in [1.29, 1.82) is 0 Å². The van der Waals surface area contributed by atoms with Crippen LogP contribution in [0.4, 0.5) is 0 Å². The van der Waals surface area contributed by atoms with Crippen LogP contribution >= 0.6 is 0 Å². The number of para-hydroxylation sites is 1. The van der Waals surface area contributed by atoms with Gasteiger partial charge < -0.3 is 5.32 Å². The fourth-order valence-electron chi connectivity index (χ4n) is 2.86. The van der Waals surface area contributed by atoms with E-state index in [0.29, 0.717) is 11.4 Å². The molecule has 1 aromatic heterocycles. The molecule has 8 heteroatoms. The second kappa shape index (κ2) is 6.37. The first-order valence-electron chi connectivity index (χ1n) is 7.90. The lowest BCUT2D eigenvalue weighted by atomic mass is 10.2. The highest BCUT2D eigenvalue weighted by Gasteiger charge is 2.28. The molecule has 2 heterocycles. The van der Waals surface area contributed by atoms with Gasteiger partial charge in [-0.25, -0.2) is 18.1 Å². The van der Waals surface area contributed by atoms with Crippen LogP contribution in [0.3, 0.4) is 0 Å². The number of nitrogens with zero attached hydrogens (tertiary/aromatic N) is 2. The number of benzene rings is 1. The quantitative estimate of drug-likeness (QED) is 0.877. The van der Waals surface area contributed by atoms with E-state index < -0.39 is 10.0 Å². The Morgan fingerprint density at radius 2 is 2.17 bits per heavy atom. The summed E-state index contributed by atoms with van der Waals surface area (Å²) in [7, 11) is -3.62. The predicted octanol–water partition coefficient (Wildman–Crippen LogP) is 1.58. The van der Waals surface area contributed by atoms with Gasteiger partial charge in [0.05, 0.1) is 17.9 Å². The Balaban J connectivity index is 2.02. The summed E-state index contributed by atoms with van der Waals surface area (Å²) in [4.78, 5) is 16.9. The monoisotopic (exact) mass is 348 g/mol. The third kappa shape index (κ3) is 2.94. The molecule has 0 aliphatic carbocycles. The molecule has 1 aliphatic heterocycles.